The van der Waals surface area contributed by atoms with Crippen molar-refractivity contribution in [2.24, 2.45) is 0 Å². The highest BCUT2D eigenvalue weighted by Crippen LogP contribution is 2.20. The molecule has 0 saturated carbocycles. The van der Waals surface area contributed by atoms with Gasteiger partial charge in [0.1, 0.15) is 6.33 Å². The molecule has 0 fully saturated rings. The number of aromatic carboxylic acids is 1. The normalized spacial score (nSPS) is 11.4. The predicted molar refractivity (Wildman–Crippen MR) is 92.2 cm³/mol. The fourth-order valence-electron chi connectivity index (χ4n) is 2.55. The van der Waals surface area contributed by atoms with Gasteiger partial charge in [-0.15, -0.1) is 0 Å². The van der Waals surface area contributed by atoms with Crippen molar-refractivity contribution in [3.63, 3.8) is 0 Å². The molecule has 0 aliphatic rings. The number of carbonyl (C=O) groups is 1. The number of nitrogens with zero attached hydrogens (tertiary/aromatic N) is 2. The Labute approximate surface area is 145 Å². The lowest BCUT2D eigenvalue weighted by Gasteiger charge is -2.11. The second-order valence-electron chi connectivity index (χ2n) is 5.64. The van der Waals surface area contributed by atoms with Crippen LogP contribution in [0.3, 0.4) is 0 Å². The molecule has 0 spiro atoms. The summed E-state index contributed by atoms with van der Waals surface area (Å²) < 4.78 is 26.8. The maximum Gasteiger partial charge on any atom is 0.335 e. The molecular formula is C18H16N2O4S. The average molecular weight is 356 g/mol. The number of aryl methyl sites for hydroxylation is 1. The van der Waals surface area contributed by atoms with Crippen molar-refractivity contribution < 1.29 is 18.3 Å². The van der Waals surface area contributed by atoms with Crippen LogP contribution in [0.15, 0.2) is 66.0 Å². The SMILES string of the molecule is Cc1ccc(S(=O)(=O)n2cncc2Cc2ccccc2C(=O)O)cc1. The number of carboxylic acid groups (broad SMARTS) is 1. The van der Waals surface area contributed by atoms with Crippen LogP contribution in [-0.2, 0) is 16.4 Å². The number of aromatic nitrogens is 2. The van der Waals surface area contributed by atoms with E-state index in [1.807, 2.05) is 6.92 Å². The third kappa shape index (κ3) is 3.32. The van der Waals surface area contributed by atoms with Crippen molar-refractivity contribution in [2.75, 3.05) is 0 Å². The second-order valence-corrected chi connectivity index (χ2v) is 7.45. The first-order chi connectivity index (χ1) is 11.9. The lowest BCUT2D eigenvalue weighted by atomic mass is 10.0. The Morgan fingerprint density at radius 3 is 2.48 bits per heavy atom. The van der Waals surface area contributed by atoms with Gasteiger partial charge < -0.3 is 5.11 Å². The summed E-state index contributed by atoms with van der Waals surface area (Å²) in [5, 5.41) is 9.29. The van der Waals surface area contributed by atoms with E-state index in [9.17, 15) is 18.3 Å². The second kappa shape index (κ2) is 6.52. The molecule has 0 bridgehead atoms. The van der Waals surface area contributed by atoms with E-state index < -0.39 is 16.0 Å². The van der Waals surface area contributed by atoms with Crippen LogP contribution in [0, 0.1) is 6.92 Å². The zero-order chi connectivity index (χ0) is 18.0. The van der Waals surface area contributed by atoms with Gasteiger partial charge in [0.15, 0.2) is 0 Å². The summed E-state index contributed by atoms with van der Waals surface area (Å²) >= 11 is 0. The van der Waals surface area contributed by atoms with Crippen molar-refractivity contribution in [1.29, 1.82) is 0 Å². The van der Waals surface area contributed by atoms with Crippen LogP contribution in [0.1, 0.15) is 27.2 Å². The highest BCUT2D eigenvalue weighted by atomic mass is 32.2. The molecule has 0 amide bonds. The lowest BCUT2D eigenvalue weighted by Crippen LogP contribution is -2.15. The summed E-state index contributed by atoms with van der Waals surface area (Å²) in [6.07, 6.45) is 2.81. The molecular weight excluding hydrogens is 340 g/mol. The smallest absolute Gasteiger partial charge is 0.335 e. The molecule has 0 radical (unpaired) electrons. The maximum atomic E-state index is 12.8. The Morgan fingerprint density at radius 1 is 1.12 bits per heavy atom. The van der Waals surface area contributed by atoms with E-state index in [2.05, 4.69) is 4.98 Å². The summed E-state index contributed by atoms with van der Waals surface area (Å²) in [7, 11) is -3.79. The lowest BCUT2D eigenvalue weighted by molar-refractivity contribution is 0.0696. The number of hydrogen-bond acceptors (Lipinski definition) is 4. The first kappa shape index (κ1) is 16.9. The molecule has 3 aromatic rings. The van der Waals surface area contributed by atoms with Gasteiger partial charge in [0.05, 0.1) is 16.2 Å². The van der Waals surface area contributed by atoms with Gasteiger partial charge in [-0.2, -0.15) is 0 Å². The topological polar surface area (TPSA) is 89.3 Å². The van der Waals surface area contributed by atoms with Crippen LogP contribution >= 0.6 is 0 Å². The van der Waals surface area contributed by atoms with Gasteiger partial charge in [-0.25, -0.2) is 22.2 Å². The standard InChI is InChI=1S/C18H16N2O4S/c1-13-6-8-16(9-7-13)25(23,24)20-12-19-11-15(20)10-14-4-2-3-5-17(14)18(21)22/h2-9,11-12H,10H2,1H3,(H,21,22). The fraction of sp³-hybridized carbons (Fsp3) is 0.111. The largest absolute Gasteiger partial charge is 0.478 e. The van der Waals surface area contributed by atoms with Crippen LogP contribution in [-0.4, -0.2) is 28.5 Å². The van der Waals surface area contributed by atoms with E-state index in [-0.39, 0.29) is 16.9 Å². The third-order valence-electron chi connectivity index (χ3n) is 3.88. The highest BCUT2D eigenvalue weighted by molar-refractivity contribution is 7.90. The molecule has 0 atom stereocenters. The maximum absolute atomic E-state index is 12.8. The first-order valence-corrected chi connectivity index (χ1v) is 8.98. The van der Waals surface area contributed by atoms with Crippen LogP contribution in [0.5, 0.6) is 0 Å². The average Bonchev–Trinajstić information content (AvgIpc) is 3.04. The molecule has 1 N–H and O–H groups in total. The number of hydrogen-bond donors (Lipinski definition) is 1. The Balaban J connectivity index is 2.02. The number of carboxylic acids is 1. The fourth-order valence-corrected chi connectivity index (χ4v) is 3.86. The van der Waals surface area contributed by atoms with Gasteiger partial charge in [0, 0.05) is 12.6 Å². The van der Waals surface area contributed by atoms with Crippen molar-refractivity contribution in [2.45, 2.75) is 18.2 Å². The molecule has 0 unspecified atom stereocenters. The summed E-state index contributed by atoms with van der Waals surface area (Å²) in [4.78, 5) is 15.4. The van der Waals surface area contributed by atoms with Crippen molar-refractivity contribution in [1.82, 2.24) is 8.96 Å². The Hall–Kier alpha value is -2.93. The molecule has 0 aliphatic carbocycles. The first-order valence-electron chi connectivity index (χ1n) is 7.54. The van der Waals surface area contributed by atoms with Crippen LogP contribution in [0.2, 0.25) is 0 Å². The summed E-state index contributed by atoms with van der Waals surface area (Å²) in [5.74, 6) is -1.05. The minimum Gasteiger partial charge on any atom is -0.478 e. The predicted octanol–water partition coefficient (Wildman–Crippen LogP) is 2.72. The third-order valence-corrected chi connectivity index (χ3v) is 5.59. The minimum atomic E-state index is -3.79. The monoisotopic (exact) mass is 356 g/mol. The molecule has 128 valence electrons. The molecule has 0 saturated heterocycles. The summed E-state index contributed by atoms with van der Waals surface area (Å²) in [6, 6.07) is 13.0. The van der Waals surface area contributed by atoms with E-state index >= 15 is 0 Å². The number of benzene rings is 2. The van der Waals surface area contributed by atoms with Crippen LogP contribution in [0.4, 0.5) is 0 Å². The Bertz CT molecular complexity index is 1020. The molecule has 1 heterocycles. The minimum absolute atomic E-state index is 0.142. The van der Waals surface area contributed by atoms with E-state index in [1.54, 1.807) is 42.5 Å². The molecule has 7 heteroatoms. The van der Waals surface area contributed by atoms with Crippen molar-refractivity contribution in [3.05, 3.63) is 83.4 Å². The van der Waals surface area contributed by atoms with E-state index in [0.29, 0.717) is 11.3 Å². The molecule has 6 nitrogen and oxygen atoms in total. The Morgan fingerprint density at radius 2 is 1.80 bits per heavy atom. The van der Waals surface area contributed by atoms with Gasteiger partial charge in [0.25, 0.3) is 10.0 Å². The van der Waals surface area contributed by atoms with Gasteiger partial charge in [-0.3, -0.25) is 0 Å². The zero-order valence-corrected chi connectivity index (χ0v) is 14.3. The van der Waals surface area contributed by atoms with Gasteiger partial charge in [-0.05, 0) is 30.7 Å². The van der Waals surface area contributed by atoms with E-state index in [0.717, 1.165) is 9.54 Å². The van der Waals surface area contributed by atoms with Crippen LogP contribution in [0.25, 0.3) is 0 Å². The van der Waals surface area contributed by atoms with Crippen molar-refractivity contribution >= 4 is 16.0 Å². The van der Waals surface area contributed by atoms with E-state index in [4.69, 9.17) is 0 Å². The highest BCUT2D eigenvalue weighted by Gasteiger charge is 2.21. The van der Waals surface area contributed by atoms with Gasteiger partial charge in [0.2, 0.25) is 0 Å². The Kier molecular flexibility index (Phi) is 4.41. The summed E-state index contributed by atoms with van der Waals surface area (Å²) in [5.41, 5.74) is 2.02. The number of imidazole rings is 1. The van der Waals surface area contributed by atoms with Crippen molar-refractivity contribution in [3.8, 4) is 0 Å². The van der Waals surface area contributed by atoms with Crippen LogP contribution < -0.4 is 0 Å². The zero-order valence-electron chi connectivity index (χ0n) is 13.5. The molecule has 3 rings (SSSR count). The number of rotatable bonds is 5. The molecule has 2 aromatic carbocycles. The van der Waals surface area contributed by atoms with Gasteiger partial charge in [-0.1, -0.05) is 35.9 Å². The van der Waals surface area contributed by atoms with E-state index in [1.165, 1.54) is 18.6 Å². The molecule has 1 aromatic heterocycles. The summed E-state index contributed by atoms with van der Waals surface area (Å²) in [6.45, 7) is 1.88. The van der Waals surface area contributed by atoms with Gasteiger partial charge >= 0.3 is 5.97 Å². The molecule has 0 aliphatic heterocycles. The quantitative estimate of drug-likeness (QED) is 0.759. The molecule has 25 heavy (non-hydrogen) atoms.